The molecule has 2 heterocycles. The minimum absolute atomic E-state index is 0.194. The van der Waals surface area contributed by atoms with E-state index in [1.54, 1.807) is 16.7 Å². The molecule has 0 amide bonds. The maximum Gasteiger partial charge on any atom is 0.381 e. The minimum Gasteiger partial charge on any atom is -0.486 e. The fourth-order valence-electron chi connectivity index (χ4n) is 1.88. The van der Waals surface area contributed by atoms with Crippen LogP contribution in [-0.4, -0.2) is 19.5 Å². The number of halogens is 1. The van der Waals surface area contributed by atoms with Crippen LogP contribution in [0.2, 0.25) is 0 Å². The molecule has 0 aliphatic heterocycles. The summed E-state index contributed by atoms with van der Waals surface area (Å²) in [4.78, 5) is 18.1. The van der Waals surface area contributed by atoms with Crippen molar-refractivity contribution in [1.82, 2.24) is 14.5 Å². The lowest BCUT2D eigenvalue weighted by Gasteiger charge is -2.03. The Morgan fingerprint density at radius 1 is 1.35 bits per heavy atom. The van der Waals surface area contributed by atoms with E-state index in [-0.39, 0.29) is 18.2 Å². The Kier molecular flexibility index (Phi) is 4.29. The molecule has 0 N–H and O–H groups in total. The maximum absolute atomic E-state index is 12.8. The van der Waals surface area contributed by atoms with Crippen molar-refractivity contribution < 1.29 is 14.1 Å². The molecule has 0 bridgehead atoms. The SMILES string of the molecule is O=[N+]([O-])c1cn(Cc2csc(COc3ccc(F)cc3)n2)cn1. The molecule has 0 atom stereocenters. The van der Waals surface area contributed by atoms with E-state index in [0.717, 1.165) is 10.7 Å². The predicted octanol–water partition coefficient (Wildman–Crippen LogP) is 3.01. The molecule has 3 aromatic rings. The molecular formula is C14H11FN4O3S. The second-order valence-electron chi connectivity index (χ2n) is 4.64. The highest BCUT2D eigenvalue weighted by molar-refractivity contribution is 7.09. The zero-order valence-electron chi connectivity index (χ0n) is 11.8. The average molecular weight is 334 g/mol. The zero-order chi connectivity index (χ0) is 16.2. The van der Waals surface area contributed by atoms with Gasteiger partial charge in [-0.2, -0.15) is 0 Å². The van der Waals surface area contributed by atoms with Gasteiger partial charge < -0.3 is 19.4 Å². The molecule has 2 aromatic heterocycles. The fraction of sp³-hybridized carbons (Fsp3) is 0.143. The fourth-order valence-corrected chi connectivity index (χ4v) is 2.58. The van der Waals surface area contributed by atoms with Gasteiger partial charge in [0.15, 0.2) is 0 Å². The highest BCUT2D eigenvalue weighted by Crippen LogP contribution is 2.17. The van der Waals surface area contributed by atoms with E-state index in [2.05, 4.69) is 9.97 Å². The molecule has 118 valence electrons. The lowest BCUT2D eigenvalue weighted by atomic mass is 10.3. The first-order chi connectivity index (χ1) is 11.1. The maximum atomic E-state index is 12.8. The van der Waals surface area contributed by atoms with Gasteiger partial charge in [-0.1, -0.05) is 0 Å². The van der Waals surface area contributed by atoms with Crippen LogP contribution in [0.3, 0.4) is 0 Å². The van der Waals surface area contributed by atoms with E-state index in [0.29, 0.717) is 12.3 Å². The number of nitro groups is 1. The molecule has 0 saturated heterocycles. The summed E-state index contributed by atoms with van der Waals surface area (Å²) < 4.78 is 19.9. The first-order valence-electron chi connectivity index (χ1n) is 6.58. The van der Waals surface area contributed by atoms with Crippen LogP contribution >= 0.6 is 11.3 Å². The van der Waals surface area contributed by atoms with E-state index in [4.69, 9.17) is 4.74 Å². The molecule has 0 saturated carbocycles. The van der Waals surface area contributed by atoms with Gasteiger partial charge in [-0.25, -0.2) is 9.37 Å². The second kappa shape index (κ2) is 6.53. The summed E-state index contributed by atoms with van der Waals surface area (Å²) in [6, 6.07) is 5.76. The zero-order valence-corrected chi connectivity index (χ0v) is 12.6. The molecule has 0 fully saturated rings. The molecule has 0 aliphatic carbocycles. The first-order valence-corrected chi connectivity index (χ1v) is 7.46. The van der Waals surface area contributed by atoms with Crippen LogP contribution in [-0.2, 0) is 13.2 Å². The summed E-state index contributed by atoms with van der Waals surface area (Å²) in [6.07, 6.45) is 2.75. The predicted molar refractivity (Wildman–Crippen MR) is 80.8 cm³/mol. The number of hydrogen-bond acceptors (Lipinski definition) is 6. The van der Waals surface area contributed by atoms with Crippen molar-refractivity contribution in [2.45, 2.75) is 13.2 Å². The molecule has 23 heavy (non-hydrogen) atoms. The summed E-state index contributed by atoms with van der Waals surface area (Å²) in [7, 11) is 0. The van der Waals surface area contributed by atoms with Crippen molar-refractivity contribution in [3.63, 3.8) is 0 Å². The third-order valence-corrected chi connectivity index (χ3v) is 3.80. The molecule has 3 rings (SSSR count). The van der Waals surface area contributed by atoms with Crippen LogP contribution in [0.1, 0.15) is 10.7 Å². The van der Waals surface area contributed by atoms with Crippen LogP contribution in [0, 0.1) is 15.9 Å². The number of aromatic nitrogens is 3. The Bertz CT molecular complexity index is 816. The van der Waals surface area contributed by atoms with Crippen LogP contribution in [0.15, 0.2) is 42.2 Å². The summed E-state index contributed by atoms with van der Waals surface area (Å²) in [6.45, 7) is 0.675. The van der Waals surface area contributed by atoms with Gasteiger partial charge in [0.25, 0.3) is 0 Å². The van der Waals surface area contributed by atoms with Crippen molar-refractivity contribution in [3.8, 4) is 5.75 Å². The topological polar surface area (TPSA) is 83.1 Å². The van der Waals surface area contributed by atoms with E-state index >= 15 is 0 Å². The summed E-state index contributed by atoms with van der Waals surface area (Å²) in [5.74, 6) is 0.0526. The van der Waals surface area contributed by atoms with Gasteiger partial charge in [-0.05, 0) is 34.2 Å². The van der Waals surface area contributed by atoms with E-state index in [9.17, 15) is 14.5 Å². The lowest BCUT2D eigenvalue weighted by molar-refractivity contribution is -0.389. The normalized spacial score (nSPS) is 10.7. The minimum atomic E-state index is -0.542. The number of thiazole rings is 1. The van der Waals surface area contributed by atoms with E-state index < -0.39 is 4.92 Å². The Morgan fingerprint density at radius 2 is 2.13 bits per heavy atom. The third kappa shape index (κ3) is 3.89. The third-order valence-electron chi connectivity index (χ3n) is 2.93. The van der Waals surface area contributed by atoms with Crippen LogP contribution in [0.5, 0.6) is 5.75 Å². The molecule has 9 heteroatoms. The van der Waals surface area contributed by atoms with Crippen LogP contribution < -0.4 is 4.74 Å². The number of ether oxygens (including phenoxy) is 1. The smallest absolute Gasteiger partial charge is 0.381 e. The van der Waals surface area contributed by atoms with E-state index in [1.165, 1.54) is 36.0 Å². The summed E-state index contributed by atoms with van der Waals surface area (Å²) in [5, 5.41) is 13.2. The van der Waals surface area contributed by atoms with Crippen molar-refractivity contribution >= 4 is 17.2 Å². The summed E-state index contributed by atoms with van der Waals surface area (Å²) in [5.41, 5.74) is 0.764. The largest absolute Gasteiger partial charge is 0.486 e. The number of imidazole rings is 1. The van der Waals surface area contributed by atoms with Crippen LogP contribution in [0.4, 0.5) is 10.2 Å². The van der Waals surface area contributed by atoms with Gasteiger partial charge in [0, 0.05) is 5.38 Å². The van der Waals surface area contributed by atoms with Crippen molar-refractivity contribution in [3.05, 3.63) is 68.8 Å². The first kappa shape index (κ1) is 15.1. The Balaban J connectivity index is 1.59. The standard InChI is InChI=1S/C14H11FN4O3S/c15-10-1-3-12(4-2-10)22-7-14-17-11(8-23-14)5-18-6-13(16-9-18)19(20)21/h1-4,6,8-9H,5,7H2. The van der Waals surface area contributed by atoms with Gasteiger partial charge in [-0.15, -0.1) is 11.3 Å². The Labute approximate surface area is 134 Å². The van der Waals surface area contributed by atoms with Gasteiger partial charge >= 0.3 is 5.82 Å². The van der Waals surface area contributed by atoms with Gasteiger partial charge in [0.1, 0.15) is 29.4 Å². The van der Waals surface area contributed by atoms with Crippen molar-refractivity contribution in [2.24, 2.45) is 0 Å². The monoisotopic (exact) mass is 334 g/mol. The van der Waals surface area contributed by atoms with Crippen molar-refractivity contribution in [2.75, 3.05) is 0 Å². The quantitative estimate of drug-likeness (QED) is 0.511. The number of rotatable bonds is 6. The van der Waals surface area contributed by atoms with Gasteiger partial charge in [0.05, 0.1) is 12.2 Å². The number of hydrogen-bond donors (Lipinski definition) is 0. The summed E-state index contributed by atoms with van der Waals surface area (Å²) >= 11 is 1.43. The number of benzene rings is 1. The molecular weight excluding hydrogens is 323 g/mol. The van der Waals surface area contributed by atoms with Crippen LogP contribution in [0.25, 0.3) is 0 Å². The highest BCUT2D eigenvalue weighted by atomic mass is 32.1. The Morgan fingerprint density at radius 3 is 2.83 bits per heavy atom. The number of nitrogens with zero attached hydrogens (tertiary/aromatic N) is 4. The lowest BCUT2D eigenvalue weighted by Crippen LogP contribution is -1.99. The molecule has 0 unspecified atom stereocenters. The van der Waals surface area contributed by atoms with Gasteiger partial charge in [-0.3, -0.25) is 0 Å². The van der Waals surface area contributed by atoms with Gasteiger partial charge in [0.2, 0.25) is 6.33 Å². The molecule has 0 spiro atoms. The second-order valence-corrected chi connectivity index (χ2v) is 5.58. The molecule has 0 aliphatic rings. The Hall–Kier alpha value is -2.81. The highest BCUT2D eigenvalue weighted by Gasteiger charge is 2.11. The molecule has 7 nitrogen and oxygen atoms in total. The molecule has 0 radical (unpaired) electrons. The van der Waals surface area contributed by atoms with E-state index in [1.807, 2.05) is 5.38 Å². The average Bonchev–Trinajstić information content (AvgIpc) is 3.17. The molecule has 1 aromatic carbocycles. The van der Waals surface area contributed by atoms with Crippen molar-refractivity contribution in [1.29, 1.82) is 0 Å².